The Balaban J connectivity index is 1.99. The molecule has 2 amide bonds. The summed E-state index contributed by atoms with van der Waals surface area (Å²) in [6.07, 6.45) is 0. The number of halogens is 1. The molecule has 0 atom stereocenters. The minimum absolute atomic E-state index is 0.00125. The Kier molecular flexibility index (Phi) is 5.02. The summed E-state index contributed by atoms with van der Waals surface area (Å²) >= 11 is 0. The van der Waals surface area contributed by atoms with Gasteiger partial charge in [-0.15, -0.1) is 0 Å². The van der Waals surface area contributed by atoms with Crippen LogP contribution >= 0.6 is 0 Å². The number of hydrogen-bond acceptors (Lipinski definition) is 2. The van der Waals surface area contributed by atoms with E-state index in [0.717, 1.165) is 11.6 Å². The van der Waals surface area contributed by atoms with Crippen molar-refractivity contribution in [2.24, 2.45) is 0 Å². The van der Waals surface area contributed by atoms with Gasteiger partial charge in [0.2, 0.25) is 0 Å². The van der Waals surface area contributed by atoms with Crippen molar-refractivity contribution in [2.75, 3.05) is 0 Å². The van der Waals surface area contributed by atoms with Gasteiger partial charge in [-0.1, -0.05) is 39.0 Å². The van der Waals surface area contributed by atoms with E-state index in [0.29, 0.717) is 11.1 Å². The van der Waals surface area contributed by atoms with Crippen molar-refractivity contribution in [3.05, 3.63) is 70.5 Å². The molecule has 0 spiro atoms. The molecule has 2 N–H and O–H groups in total. The molecule has 0 aliphatic heterocycles. The van der Waals surface area contributed by atoms with Gasteiger partial charge in [0, 0.05) is 11.1 Å². The third kappa shape index (κ3) is 4.19. The molecule has 2 aromatic carbocycles. The lowest BCUT2D eigenvalue weighted by Gasteiger charge is -2.19. The van der Waals surface area contributed by atoms with Crippen LogP contribution in [0.5, 0.6) is 0 Å². The molecule has 0 radical (unpaired) electrons. The summed E-state index contributed by atoms with van der Waals surface area (Å²) in [7, 11) is 0. The van der Waals surface area contributed by atoms with Crippen LogP contribution in [0.1, 0.15) is 52.6 Å². The summed E-state index contributed by atoms with van der Waals surface area (Å²) in [6, 6.07) is 11.3. The van der Waals surface area contributed by atoms with Gasteiger partial charge in [0.05, 0.1) is 0 Å². The maximum absolute atomic E-state index is 13.5. The molecule has 2 aromatic rings. The number of aryl methyl sites for hydroxylation is 1. The van der Waals surface area contributed by atoms with Crippen LogP contribution in [0.25, 0.3) is 0 Å². The van der Waals surface area contributed by atoms with Gasteiger partial charge in [-0.25, -0.2) is 4.39 Å². The molecule has 24 heavy (non-hydrogen) atoms. The Morgan fingerprint density at radius 1 is 0.875 bits per heavy atom. The molecule has 4 nitrogen and oxygen atoms in total. The predicted molar refractivity (Wildman–Crippen MR) is 91.2 cm³/mol. The zero-order chi connectivity index (χ0) is 17.9. The van der Waals surface area contributed by atoms with Crippen LogP contribution < -0.4 is 10.9 Å². The monoisotopic (exact) mass is 328 g/mol. The number of hydrazine groups is 1. The highest BCUT2D eigenvalue weighted by atomic mass is 19.1. The zero-order valence-corrected chi connectivity index (χ0v) is 14.2. The molecule has 126 valence electrons. The van der Waals surface area contributed by atoms with Gasteiger partial charge in [0.1, 0.15) is 5.82 Å². The predicted octanol–water partition coefficient (Wildman–Crippen LogP) is 3.51. The molecular formula is C19H21FN2O2. The maximum Gasteiger partial charge on any atom is 0.269 e. The average molecular weight is 328 g/mol. The third-order valence-corrected chi connectivity index (χ3v) is 3.74. The molecule has 0 saturated heterocycles. The summed E-state index contributed by atoms with van der Waals surface area (Å²) in [5, 5.41) is 0. The van der Waals surface area contributed by atoms with E-state index in [1.54, 1.807) is 19.1 Å². The van der Waals surface area contributed by atoms with Gasteiger partial charge >= 0.3 is 0 Å². The molecule has 0 aromatic heterocycles. The molecule has 0 heterocycles. The second-order valence-corrected chi connectivity index (χ2v) is 6.70. The minimum Gasteiger partial charge on any atom is -0.267 e. The lowest BCUT2D eigenvalue weighted by molar-refractivity contribution is 0.0846. The number of amides is 2. The number of rotatable bonds is 2. The first kappa shape index (κ1) is 17.7. The van der Waals surface area contributed by atoms with Crippen molar-refractivity contribution < 1.29 is 14.0 Å². The van der Waals surface area contributed by atoms with Crippen molar-refractivity contribution in [1.29, 1.82) is 0 Å². The second kappa shape index (κ2) is 6.83. The van der Waals surface area contributed by atoms with Crippen molar-refractivity contribution in [2.45, 2.75) is 33.1 Å². The minimum atomic E-state index is -0.575. The highest BCUT2D eigenvalue weighted by Gasteiger charge is 2.15. The number of carbonyl (C=O) groups is 2. The van der Waals surface area contributed by atoms with Gasteiger partial charge in [0.25, 0.3) is 11.8 Å². The van der Waals surface area contributed by atoms with Crippen LogP contribution in [-0.2, 0) is 5.41 Å². The van der Waals surface area contributed by atoms with Crippen LogP contribution in [0, 0.1) is 12.7 Å². The van der Waals surface area contributed by atoms with Crippen molar-refractivity contribution >= 4 is 11.8 Å². The van der Waals surface area contributed by atoms with E-state index in [-0.39, 0.29) is 11.0 Å². The zero-order valence-electron chi connectivity index (χ0n) is 14.2. The molecule has 0 aliphatic carbocycles. The standard InChI is InChI=1S/C19H21FN2O2/c1-12-5-6-14(11-16(12)20)18(24)22-21-17(23)13-7-9-15(10-8-13)19(2,3)4/h5-11H,1-4H3,(H,21,23)(H,22,24). The summed E-state index contributed by atoms with van der Waals surface area (Å²) in [4.78, 5) is 24.0. The topological polar surface area (TPSA) is 58.2 Å². The lowest BCUT2D eigenvalue weighted by Crippen LogP contribution is -2.41. The number of hydrogen-bond donors (Lipinski definition) is 2. The number of nitrogens with one attached hydrogen (secondary N) is 2. The van der Waals surface area contributed by atoms with E-state index >= 15 is 0 Å². The second-order valence-electron chi connectivity index (χ2n) is 6.70. The highest BCUT2D eigenvalue weighted by molar-refractivity contribution is 5.99. The van der Waals surface area contributed by atoms with Gasteiger partial charge in [-0.3, -0.25) is 20.4 Å². The Morgan fingerprint density at radius 3 is 1.88 bits per heavy atom. The molecule has 2 rings (SSSR count). The van der Waals surface area contributed by atoms with Crippen LogP contribution in [0.15, 0.2) is 42.5 Å². The molecule has 0 fully saturated rings. The summed E-state index contributed by atoms with van der Waals surface area (Å²) in [5.41, 5.74) is 6.74. The first-order valence-electron chi connectivity index (χ1n) is 7.66. The van der Waals surface area contributed by atoms with Gasteiger partial charge in [0.15, 0.2) is 0 Å². The van der Waals surface area contributed by atoms with Crippen molar-refractivity contribution in [1.82, 2.24) is 10.9 Å². The Bertz CT molecular complexity index is 762. The van der Waals surface area contributed by atoms with Crippen LogP contribution in [0.3, 0.4) is 0 Å². The van der Waals surface area contributed by atoms with Crippen LogP contribution in [0.2, 0.25) is 0 Å². The summed E-state index contributed by atoms with van der Waals surface area (Å²) in [6.45, 7) is 7.87. The van der Waals surface area contributed by atoms with E-state index in [1.807, 2.05) is 12.1 Å². The molecule has 0 bridgehead atoms. The molecule has 5 heteroatoms. The van der Waals surface area contributed by atoms with E-state index in [1.165, 1.54) is 12.1 Å². The molecule has 0 saturated carbocycles. The van der Waals surface area contributed by atoms with Crippen molar-refractivity contribution in [3.63, 3.8) is 0 Å². The van der Waals surface area contributed by atoms with Crippen molar-refractivity contribution in [3.8, 4) is 0 Å². The summed E-state index contributed by atoms with van der Waals surface area (Å²) in [5.74, 6) is -1.48. The number of benzene rings is 2. The first-order valence-corrected chi connectivity index (χ1v) is 7.66. The Labute approximate surface area is 141 Å². The SMILES string of the molecule is Cc1ccc(C(=O)NNC(=O)c2ccc(C(C)(C)C)cc2)cc1F. The Hall–Kier alpha value is -2.69. The first-order chi connectivity index (χ1) is 11.2. The highest BCUT2D eigenvalue weighted by Crippen LogP contribution is 2.22. The molecule has 0 unspecified atom stereocenters. The van der Waals surface area contributed by atoms with E-state index in [4.69, 9.17) is 0 Å². The van der Waals surface area contributed by atoms with Gasteiger partial charge < -0.3 is 0 Å². The molecule has 0 aliphatic rings. The quantitative estimate of drug-likeness (QED) is 0.829. The lowest BCUT2D eigenvalue weighted by atomic mass is 9.87. The van der Waals surface area contributed by atoms with Crippen LogP contribution in [0.4, 0.5) is 4.39 Å². The average Bonchev–Trinajstić information content (AvgIpc) is 2.54. The molecular weight excluding hydrogens is 307 g/mol. The normalized spacial score (nSPS) is 11.0. The van der Waals surface area contributed by atoms with Gasteiger partial charge in [-0.05, 0) is 47.7 Å². The largest absolute Gasteiger partial charge is 0.269 e. The summed E-state index contributed by atoms with van der Waals surface area (Å²) < 4.78 is 13.5. The van der Waals surface area contributed by atoms with E-state index in [9.17, 15) is 14.0 Å². The fourth-order valence-corrected chi connectivity index (χ4v) is 2.11. The van der Waals surface area contributed by atoms with Gasteiger partial charge in [-0.2, -0.15) is 0 Å². The smallest absolute Gasteiger partial charge is 0.267 e. The fourth-order valence-electron chi connectivity index (χ4n) is 2.11. The van der Waals surface area contributed by atoms with Crippen LogP contribution in [-0.4, -0.2) is 11.8 Å². The Morgan fingerprint density at radius 2 is 1.38 bits per heavy atom. The van der Waals surface area contributed by atoms with E-state index in [2.05, 4.69) is 31.6 Å². The fraction of sp³-hybridized carbons (Fsp3) is 0.263. The number of carbonyl (C=O) groups excluding carboxylic acids is 2. The third-order valence-electron chi connectivity index (χ3n) is 3.74. The maximum atomic E-state index is 13.5. The van der Waals surface area contributed by atoms with E-state index < -0.39 is 17.6 Å².